The first-order valence-corrected chi connectivity index (χ1v) is 17.0. The van der Waals surface area contributed by atoms with Gasteiger partial charge in [-0.3, -0.25) is 14.4 Å². The molecule has 0 aliphatic rings. The van der Waals surface area contributed by atoms with Gasteiger partial charge in [-0.05, 0) is 70.6 Å². The maximum atomic E-state index is 12.5. The third-order valence-corrected chi connectivity index (χ3v) is 7.38. The summed E-state index contributed by atoms with van der Waals surface area (Å²) in [6, 6.07) is 0. The van der Waals surface area contributed by atoms with Crippen LogP contribution in [0.2, 0.25) is 0 Å². The largest absolute Gasteiger partial charge is 0.480 e. The van der Waals surface area contributed by atoms with Gasteiger partial charge in [-0.15, -0.1) is 0 Å². The van der Waals surface area contributed by atoms with E-state index in [2.05, 4.69) is 43.5 Å². The molecule has 0 aromatic heterocycles. The van der Waals surface area contributed by atoms with Crippen molar-refractivity contribution in [1.29, 1.82) is 0 Å². The van der Waals surface area contributed by atoms with Crippen molar-refractivity contribution in [3.05, 3.63) is 24.3 Å². The van der Waals surface area contributed by atoms with Crippen LogP contribution in [-0.2, 0) is 19.1 Å². The zero-order chi connectivity index (χ0) is 30.2. The molecule has 0 bridgehead atoms. The molecule has 1 amide bonds. The van der Waals surface area contributed by atoms with Gasteiger partial charge in [0.25, 0.3) is 0 Å². The summed E-state index contributed by atoms with van der Waals surface area (Å²) in [4.78, 5) is 34.6. The Hall–Kier alpha value is -2.11. The molecule has 0 spiro atoms. The standard InChI is InChI=1S/C35H63NO5/c1-3-5-7-9-10-11-12-13-14-15-16-17-18-19-20-26-30-35(40)41-32(27-23-8-6-4-2)28-24-21-22-25-29-33(37)36-31-34(38)39/h11-12,14-15,32H,3-10,13,16-31H2,1-2H3,(H,36,37)(H,38,39)/b12-11-,15-14-. The SMILES string of the molecule is CCCCCC/C=C\C/C=C\CCCCCCCC(=O)OC(CCCCCC)CCCCCCC(=O)NCC(=O)O. The summed E-state index contributed by atoms with van der Waals surface area (Å²) in [6.07, 6.45) is 34.5. The van der Waals surface area contributed by atoms with Crippen LogP contribution in [0.4, 0.5) is 0 Å². The summed E-state index contributed by atoms with van der Waals surface area (Å²) in [5.41, 5.74) is 0. The predicted molar refractivity (Wildman–Crippen MR) is 171 cm³/mol. The smallest absolute Gasteiger partial charge is 0.322 e. The fourth-order valence-electron chi connectivity index (χ4n) is 4.84. The molecule has 1 unspecified atom stereocenters. The van der Waals surface area contributed by atoms with E-state index < -0.39 is 5.97 Å². The van der Waals surface area contributed by atoms with Crippen LogP contribution >= 0.6 is 0 Å². The van der Waals surface area contributed by atoms with Gasteiger partial charge in [0.05, 0.1) is 0 Å². The number of carbonyl (C=O) groups is 3. The molecule has 1 atom stereocenters. The summed E-state index contributed by atoms with van der Waals surface area (Å²) in [5, 5.41) is 11.0. The van der Waals surface area contributed by atoms with Crippen LogP contribution in [0.5, 0.6) is 0 Å². The van der Waals surface area contributed by atoms with Crippen molar-refractivity contribution in [1.82, 2.24) is 5.32 Å². The van der Waals surface area contributed by atoms with Gasteiger partial charge in [-0.1, -0.05) is 109 Å². The number of aliphatic carboxylic acids is 1. The van der Waals surface area contributed by atoms with E-state index >= 15 is 0 Å². The molecule has 0 saturated carbocycles. The molecule has 238 valence electrons. The molecule has 0 rings (SSSR count). The molecule has 2 N–H and O–H groups in total. The Balaban J connectivity index is 3.93. The lowest BCUT2D eigenvalue weighted by Gasteiger charge is -2.18. The van der Waals surface area contributed by atoms with Crippen LogP contribution < -0.4 is 5.32 Å². The summed E-state index contributed by atoms with van der Waals surface area (Å²) in [6.45, 7) is 4.13. The van der Waals surface area contributed by atoms with Gasteiger partial charge < -0.3 is 15.2 Å². The zero-order valence-corrected chi connectivity index (χ0v) is 26.6. The molecule has 0 aromatic carbocycles. The molecule has 0 aliphatic heterocycles. The Bertz CT molecular complexity index is 688. The number of ether oxygens (including phenoxy) is 1. The molecule has 6 heteroatoms. The second-order valence-corrected chi connectivity index (χ2v) is 11.4. The van der Waals surface area contributed by atoms with Gasteiger partial charge in [0.1, 0.15) is 12.6 Å². The maximum Gasteiger partial charge on any atom is 0.322 e. The topological polar surface area (TPSA) is 92.7 Å². The number of nitrogens with one attached hydrogen (secondary N) is 1. The molecule has 0 heterocycles. The van der Waals surface area contributed by atoms with Crippen molar-refractivity contribution in [2.75, 3.05) is 6.54 Å². The summed E-state index contributed by atoms with van der Waals surface area (Å²) >= 11 is 0. The van der Waals surface area contributed by atoms with E-state index in [0.717, 1.165) is 70.6 Å². The van der Waals surface area contributed by atoms with Crippen molar-refractivity contribution >= 4 is 17.8 Å². The summed E-state index contributed by atoms with van der Waals surface area (Å²) in [7, 11) is 0. The van der Waals surface area contributed by atoms with E-state index in [4.69, 9.17) is 9.84 Å². The van der Waals surface area contributed by atoms with Crippen LogP contribution in [-0.4, -0.2) is 35.6 Å². The maximum absolute atomic E-state index is 12.5. The number of carboxylic acids is 1. The van der Waals surface area contributed by atoms with E-state index in [1.807, 2.05) is 0 Å². The van der Waals surface area contributed by atoms with Crippen molar-refractivity contribution in [3.63, 3.8) is 0 Å². The van der Waals surface area contributed by atoms with Crippen molar-refractivity contribution in [3.8, 4) is 0 Å². The lowest BCUT2D eigenvalue weighted by atomic mass is 10.0. The van der Waals surface area contributed by atoms with E-state index in [1.165, 1.54) is 70.6 Å². The molecular weight excluding hydrogens is 514 g/mol. The highest BCUT2D eigenvalue weighted by molar-refractivity contribution is 5.80. The first-order chi connectivity index (χ1) is 20.0. The second kappa shape index (κ2) is 30.8. The minimum atomic E-state index is -1.02. The fraction of sp³-hybridized carbons (Fsp3) is 0.800. The Morgan fingerprint density at radius 1 is 0.634 bits per heavy atom. The van der Waals surface area contributed by atoms with Crippen molar-refractivity contribution in [2.24, 2.45) is 0 Å². The third-order valence-electron chi connectivity index (χ3n) is 7.38. The Morgan fingerprint density at radius 2 is 1.12 bits per heavy atom. The average Bonchev–Trinajstić information content (AvgIpc) is 2.95. The highest BCUT2D eigenvalue weighted by Gasteiger charge is 2.14. The van der Waals surface area contributed by atoms with Crippen LogP contribution in [0.3, 0.4) is 0 Å². The number of carboxylic acid groups (broad SMARTS) is 1. The molecule has 0 radical (unpaired) electrons. The van der Waals surface area contributed by atoms with Gasteiger partial charge in [0, 0.05) is 12.8 Å². The molecule has 6 nitrogen and oxygen atoms in total. The van der Waals surface area contributed by atoms with Gasteiger partial charge in [-0.2, -0.15) is 0 Å². The quantitative estimate of drug-likeness (QED) is 0.0504. The average molecular weight is 578 g/mol. The zero-order valence-electron chi connectivity index (χ0n) is 26.6. The van der Waals surface area contributed by atoms with E-state index in [0.29, 0.717) is 12.8 Å². The minimum absolute atomic E-state index is 0.000844. The van der Waals surface area contributed by atoms with Gasteiger partial charge in [0.15, 0.2) is 0 Å². The third kappa shape index (κ3) is 30.7. The number of rotatable bonds is 30. The monoisotopic (exact) mass is 577 g/mol. The molecule has 0 fully saturated rings. The summed E-state index contributed by atoms with van der Waals surface area (Å²) in [5.74, 6) is -1.29. The van der Waals surface area contributed by atoms with E-state index in [1.54, 1.807) is 0 Å². The second-order valence-electron chi connectivity index (χ2n) is 11.4. The van der Waals surface area contributed by atoms with Gasteiger partial charge in [0.2, 0.25) is 5.91 Å². The van der Waals surface area contributed by atoms with Gasteiger partial charge in [-0.25, -0.2) is 0 Å². The highest BCUT2D eigenvalue weighted by Crippen LogP contribution is 2.17. The molecular formula is C35H63NO5. The first kappa shape index (κ1) is 38.9. The first-order valence-electron chi connectivity index (χ1n) is 17.0. The number of amides is 1. The minimum Gasteiger partial charge on any atom is -0.480 e. The van der Waals surface area contributed by atoms with Crippen molar-refractivity contribution in [2.45, 2.75) is 174 Å². The molecule has 0 aliphatic carbocycles. The number of allylic oxidation sites excluding steroid dienone is 4. The predicted octanol–water partition coefficient (Wildman–Crippen LogP) is 9.61. The Labute approximate surface area is 252 Å². The molecule has 0 saturated heterocycles. The number of hydrogen-bond donors (Lipinski definition) is 2. The van der Waals surface area contributed by atoms with E-state index in [9.17, 15) is 14.4 Å². The lowest BCUT2D eigenvalue weighted by molar-refractivity contribution is -0.150. The Morgan fingerprint density at radius 3 is 1.71 bits per heavy atom. The van der Waals surface area contributed by atoms with Crippen LogP contribution in [0, 0.1) is 0 Å². The highest BCUT2D eigenvalue weighted by atomic mass is 16.5. The number of carbonyl (C=O) groups excluding carboxylic acids is 2. The Kier molecular flexibility index (Phi) is 29.3. The lowest BCUT2D eigenvalue weighted by Crippen LogP contribution is -2.28. The number of esters is 1. The fourth-order valence-corrected chi connectivity index (χ4v) is 4.84. The van der Waals surface area contributed by atoms with E-state index in [-0.39, 0.29) is 24.5 Å². The summed E-state index contributed by atoms with van der Waals surface area (Å²) < 4.78 is 5.88. The van der Waals surface area contributed by atoms with Crippen LogP contribution in [0.1, 0.15) is 168 Å². The van der Waals surface area contributed by atoms with Crippen LogP contribution in [0.15, 0.2) is 24.3 Å². The normalized spacial score (nSPS) is 12.2. The van der Waals surface area contributed by atoms with Crippen molar-refractivity contribution < 1.29 is 24.2 Å². The number of hydrogen-bond acceptors (Lipinski definition) is 4. The molecule has 0 aromatic rings. The van der Waals surface area contributed by atoms with Gasteiger partial charge >= 0.3 is 11.9 Å². The molecule has 41 heavy (non-hydrogen) atoms. The number of unbranched alkanes of at least 4 members (excludes halogenated alkanes) is 15. The van der Waals surface area contributed by atoms with Crippen LogP contribution in [0.25, 0.3) is 0 Å².